The van der Waals surface area contributed by atoms with Gasteiger partial charge in [0.1, 0.15) is 18.2 Å². The molecule has 1 aliphatic heterocycles. The van der Waals surface area contributed by atoms with Gasteiger partial charge in [0.2, 0.25) is 5.91 Å². The maximum atomic E-state index is 12.5. The Labute approximate surface area is 198 Å². The number of carbonyl (C=O) groups is 2. The third-order valence-electron chi connectivity index (χ3n) is 5.11. The van der Waals surface area contributed by atoms with Crippen molar-refractivity contribution < 1.29 is 19.4 Å². The predicted octanol–water partition coefficient (Wildman–Crippen LogP) is 3.42. The van der Waals surface area contributed by atoms with E-state index in [1.54, 1.807) is 23.1 Å². The molecule has 0 saturated carbocycles. The Morgan fingerprint density at radius 1 is 1.12 bits per heavy atom. The molecule has 0 spiro atoms. The summed E-state index contributed by atoms with van der Waals surface area (Å²) in [7, 11) is 0. The highest BCUT2D eigenvalue weighted by molar-refractivity contribution is 9.10. The van der Waals surface area contributed by atoms with Crippen molar-refractivity contribution in [3.63, 3.8) is 0 Å². The molecule has 1 aromatic heterocycles. The molecule has 1 unspecified atom stereocenters. The first kappa shape index (κ1) is 22.8. The van der Waals surface area contributed by atoms with Crippen LogP contribution < -0.4 is 10.6 Å². The molecule has 1 fully saturated rings. The summed E-state index contributed by atoms with van der Waals surface area (Å²) >= 11 is 3.45. The van der Waals surface area contributed by atoms with Crippen molar-refractivity contribution in [2.75, 3.05) is 36.9 Å². The number of morpholine rings is 1. The Morgan fingerprint density at radius 3 is 2.70 bits per heavy atom. The summed E-state index contributed by atoms with van der Waals surface area (Å²) in [6, 6.07) is 12.1. The van der Waals surface area contributed by atoms with Crippen molar-refractivity contribution in [3.05, 3.63) is 65.4 Å². The third-order valence-corrected chi connectivity index (χ3v) is 5.61. The number of carboxylic acids is 1. The second kappa shape index (κ2) is 10.5. The van der Waals surface area contributed by atoms with Crippen LogP contribution in [-0.2, 0) is 14.3 Å². The van der Waals surface area contributed by atoms with Crippen LogP contribution in [0.1, 0.15) is 0 Å². The van der Waals surface area contributed by atoms with Crippen LogP contribution in [0.5, 0.6) is 0 Å². The minimum atomic E-state index is -1.01. The first-order chi connectivity index (χ1) is 16.0. The second-order valence-electron chi connectivity index (χ2n) is 7.37. The van der Waals surface area contributed by atoms with Gasteiger partial charge in [-0.05, 0) is 36.4 Å². The minimum Gasteiger partial charge on any atom is -0.480 e. The van der Waals surface area contributed by atoms with E-state index in [1.807, 2.05) is 24.3 Å². The van der Waals surface area contributed by atoms with Crippen LogP contribution in [0.3, 0.4) is 0 Å². The Morgan fingerprint density at radius 2 is 1.94 bits per heavy atom. The first-order valence-corrected chi connectivity index (χ1v) is 11.1. The van der Waals surface area contributed by atoms with Crippen LogP contribution >= 0.6 is 15.9 Å². The summed E-state index contributed by atoms with van der Waals surface area (Å²) in [5.41, 5.74) is 2.11. The van der Waals surface area contributed by atoms with Gasteiger partial charge in [-0.25, -0.2) is 9.97 Å². The number of nitrogens with zero attached hydrogens (tertiary/aromatic N) is 3. The topological polar surface area (TPSA) is 117 Å². The van der Waals surface area contributed by atoms with Gasteiger partial charge in [0.25, 0.3) is 0 Å². The minimum absolute atomic E-state index is 0.424. The van der Waals surface area contributed by atoms with Crippen LogP contribution in [-0.4, -0.2) is 64.2 Å². The Balaban J connectivity index is 1.50. The summed E-state index contributed by atoms with van der Waals surface area (Å²) < 4.78 is 6.20. The number of rotatable bonds is 7. The maximum absolute atomic E-state index is 12.5. The number of aromatic nitrogens is 2. The number of carboxylic acid groups (broad SMARTS) is 1. The number of carbonyl (C=O) groups excluding carboxylic acids is 1. The summed E-state index contributed by atoms with van der Waals surface area (Å²) in [6.07, 6.45) is 4.12. The molecule has 1 aliphatic rings. The van der Waals surface area contributed by atoms with Crippen molar-refractivity contribution in [2.45, 2.75) is 6.04 Å². The molecule has 10 heteroatoms. The molecule has 1 amide bonds. The largest absolute Gasteiger partial charge is 0.480 e. The lowest BCUT2D eigenvalue weighted by atomic mass is 10.2. The van der Waals surface area contributed by atoms with E-state index in [2.05, 4.69) is 36.5 Å². The van der Waals surface area contributed by atoms with E-state index in [-0.39, 0.29) is 0 Å². The van der Waals surface area contributed by atoms with Crippen molar-refractivity contribution >= 4 is 55.9 Å². The average molecular weight is 512 g/mol. The molecule has 2 heterocycles. The smallest absolute Gasteiger partial charge is 0.324 e. The van der Waals surface area contributed by atoms with Gasteiger partial charge in [-0.3, -0.25) is 14.5 Å². The van der Waals surface area contributed by atoms with Crippen molar-refractivity contribution in [1.29, 1.82) is 0 Å². The van der Waals surface area contributed by atoms with Gasteiger partial charge in [0.05, 0.1) is 18.7 Å². The summed E-state index contributed by atoms with van der Waals surface area (Å²) in [5, 5.41) is 16.3. The van der Waals surface area contributed by atoms with E-state index < -0.39 is 17.9 Å². The monoisotopic (exact) mass is 511 g/mol. The molecule has 1 saturated heterocycles. The molecule has 0 aliphatic carbocycles. The van der Waals surface area contributed by atoms with Crippen LogP contribution in [0, 0.1) is 0 Å². The Kier molecular flexibility index (Phi) is 7.28. The second-order valence-corrected chi connectivity index (χ2v) is 8.29. The number of hydrogen-bond acceptors (Lipinski definition) is 7. The number of aliphatic carboxylic acids is 1. The van der Waals surface area contributed by atoms with E-state index in [4.69, 9.17) is 4.74 Å². The van der Waals surface area contributed by atoms with Crippen LogP contribution in [0.15, 0.2) is 65.4 Å². The molecule has 0 radical (unpaired) electrons. The molecule has 2 aromatic carbocycles. The van der Waals surface area contributed by atoms with Crippen LogP contribution in [0.4, 0.5) is 17.2 Å². The number of amides is 1. The fourth-order valence-electron chi connectivity index (χ4n) is 3.52. The normalized spacial score (nSPS) is 15.4. The van der Waals surface area contributed by atoms with Crippen molar-refractivity contribution in [1.82, 2.24) is 14.9 Å². The quantitative estimate of drug-likeness (QED) is 0.413. The number of benzene rings is 2. The fourth-order valence-corrected chi connectivity index (χ4v) is 3.91. The summed E-state index contributed by atoms with van der Waals surface area (Å²) in [5.74, 6) is -0.831. The number of ether oxygens (including phenoxy) is 1. The first-order valence-electron chi connectivity index (χ1n) is 10.3. The highest BCUT2D eigenvalue weighted by atomic mass is 79.9. The predicted molar refractivity (Wildman–Crippen MR) is 129 cm³/mol. The van der Waals surface area contributed by atoms with Gasteiger partial charge in [0, 0.05) is 40.4 Å². The molecule has 170 valence electrons. The van der Waals surface area contributed by atoms with Crippen LogP contribution in [0.25, 0.3) is 10.9 Å². The Hall–Kier alpha value is -3.34. The maximum Gasteiger partial charge on any atom is 0.324 e. The van der Waals surface area contributed by atoms with Gasteiger partial charge in [-0.2, -0.15) is 0 Å². The molecule has 3 aromatic rings. The molecule has 3 N–H and O–H groups in total. The van der Waals surface area contributed by atoms with E-state index in [0.717, 1.165) is 15.5 Å². The van der Waals surface area contributed by atoms with Crippen molar-refractivity contribution in [3.8, 4) is 0 Å². The summed E-state index contributed by atoms with van der Waals surface area (Å²) in [4.78, 5) is 34.5. The van der Waals surface area contributed by atoms with Gasteiger partial charge in [-0.15, -0.1) is 0 Å². The zero-order valence-electron chi connectivity index (χ0n) is 17.6. The van der Waals surface area contributed by atoms with Crippen molar-refractivity contribution in [2.24, 2.45) is 0 Å². The van der Waals surface area contributed by atoms with E-state index in [9.17, 15) is 14.7 Å². The SMILES string of the molecule is O=C(C=CC(C(=O)O)N1CCOCC1)Nc1ccc2ncnc(Nc3cccc(Br)c3)c2c1. The molecule has 1 atom stereocenters. The molecular formula is C23H22BrN5O4. The van der Waals surface area contributed by atoms with Gasteiger partial charge < -0.3 is 20.5 Å². The number of hydrogen-bond donors (Lipinski definition) is 3. The lowest BCUT2D eigenvalue weighted by Gasteiger charge is -2.30. The number of halogens is 1. The van der Waals surface area contributed by atoms with E-state index in [1.165, 1.54) is 18.5 Å². The number of anilines is 3. The lowest BCUT2D eigenvalue weighted by molar-refractivity contribution is -0.142. The molecule has 0 bridgehead atoms. The number of fused-ring (bicyclic) bond motifs is 1. The zero-order chi connectivity index (χ0) is 23.2. The molecule has 33 heavy (non-hydrogen) atoms. The fraction of sp³-hybridized carbons (Fsp3) is 0.217. The molecule has 9 nitrogen and oxygen atoms in total. The highest BCUT2D eigenvalue weighted by Gasteiger charge is 2.24. The van der Waals surface area contributed by atoms with E-state index in [0.29, 0.717) is 43.3 Å². The Bertz CT molecular complexity index is 1200. The standard InChI is InChI=1S/C23H22BrN5O4/c24-15-2-1-3-16(12-15)28-22-18-13-17(4-5-19(18)25-14-26-22)27-21(30)7-6-20(23(31)32)29-8-10-33-11-9-29/h1-7,12-14,20H,8-11H2,(H,27,30)(H,31,32)(H,25,26,28). The van der Waals surface area contributed by atoms with Gasteiger partial charge >= 0.3 is 5.97 Å². The lowest BCUT2D eigenvalue weighted by Crippen LogP contribution is -2.46. The highest BCUT2D eigenvalue weighted by Crippen LogP contribution is 2.27. The van der Waals surface area contributed by atoms with E-state index >= 15 is 0 Å². The average Bonchev–Trinajstić information content (AvgIpc) is 2.80. The number of nitrogens with one attached hydrogen (secondary N) is 2. The molecular weight excluding hydrogens is 490 g/mol. The van der Waals surface area contributed by atoms with Gasteiger partial charge in [0.15, 0.2) is 0 Å². The third kappa shape index (κ3) is 5.92. The van der Waals surface area contributed by atoms with Crippen LogP contribution in [0.2, 0.25) is 0 Å². The zero-order valence-corrected chi connectivity index (χ0v) is 19.2. The molecule has 4 rings (SSSR count). The summed E-state index contributed by atoms with van der Waals surface area (Å²) in [6.45, 7) is 1.95. The van der Waals surface area contributed by atoms with Gasteiger partial charge in [-0.1, -0.05) is 28.1 Å².